The minimum Gasteiger partial charge on any atom is -0.484 e. The Hall–Kier alpha value is -1.88. The molecule has 0 radical (unpaired) electrons. The molecule has 0 atom stereocenters. The summed E-state index contributed by atoms with van der Waals surface area (Å²) in [5.41, 5.74) is 1.03. The van der Waals surface area contributed by atoms with Gasteiger partial charge >= 0.3 is 0 Å². The predicted molar refractivity (Wildman–Crippen MR) is 80.1 cm³/mol. The van der Waals surface area contributed by atoms with E-state index in [0.717, 1.165) is 22.7 Å². The highest BCUT2D eigenvalue weighted by molar-refractivity contribution is 7.09. The van der Waals surface area contributed by atoms with Gasteiger partial charge in [0.15, 0.2) is 6.61 Å². The molecular weight excluding hydrogens is 272 g/mol. The molecule has 1 aromatic heterocycles. The molecule has 1 aromatic carbocycles. The fourth-order valence-electron chi connectivity index (χ4n) is 1.73. The summed E-state index contributed by atoms with van der Waals surface area (Å²) in [6.45, 7) is 2.69. The van der Waals surface area contributed by atoms with Gasteiger partial charge in [-0.05, 0) is 18.6 Å². The molecule has 0 saturated heterocycles. The zero-order chi connectivity index (χ0) is 14.4. The zero-order valence-corrected chi connectivity index (χ0v) is 12.5. The Kier molecular flexibility index (Phi) is 5.12. The lowest BCUT2D eigenvalue weighted by atomic mass is 10.2. The van der Waals surface area contributed by atoms with Crippen molar-refractivity contribution in [3.05, 3.63) is 46.4 Å². The summed E-state index contributed by atoms with van der Waals surface area (Å²) in [6.07, 6.45) is 2.56. The summed E-state index contributed by atoms with van der Waals surface area (Å²) in [5.74, 6) is 0.735. The van der Waals surface area contributed by atoms with Gasteiger partial charge in [-0.15, -0.1) is 11.3 Å². The number of hydrogen-bond acceptors (Lipinski definition) is 4. The van der Waals surface area contributed by atoms with Crippen molar-refractivity contribution in [1.82, 2.24) is 9.88 Å². The first-order valence-electron chi connectivity index (χ1n) is 6.47. The monoisotopic (exact) mass is 290 g/mol. The van der Waals surface area contributed by atoms with E-state index in [4.69, 9.17) is 4.74 Å². The van der Waals surface area contributed by atoms with Crippen molar-refractivity contribution in [3.8, 4) is 5.75 Å². The Balaban J connectivity index is 1.78. The first kappa shape index (κ1) is 14.5. The first-order chi connectivity index (χ1) is 9.66. The Bertz CT molecular complexity index is 555. The minimum absolute atomic E-state index is 0.0233. The number of aromatic nitrogens is 1. The van der Waals surface area contributed by atoms with Crippen molar-refractivity contribution >= 4 is 17.2 Å². The lowest BCUT2D eigenvalue weighted by Crippen LogP contribution is -2.33. The molecule has 0 aliphatic rings. The highest BCUT2D eigenvalue weighted by atomic mass is 32.1. The third-order valence-electron chi connectivity index (χ3n) is 3.02. The fraction of sp³-hybridized carbons (Fsp3) is 0.333. The number of likely N-dealkylation sites (N-methyl/N-ethyl adjacent to an activating group) is 1. The number of thiazole rings is 1. The number of amides is 1. The van der Waals surface area contributed by atoms with Crippen molar-refractivity contribution in [1.29, 1.82) is 0 Å². The molecule has 4 nitrogen and oxygen atoms in total. The van der Waals surface area contributed by atoms with Gasteiger partial charge in [-0.1, -0.05) is 18.2 Å². The second kappa shape index (κ2) is 7.05. The summed E-state index contributed by atoms with van der Waals surface area (Å²) >= 11 is 1.61. The lowest BCUT2D eigenvalue weighted by Gasteiger charge is -2.17. The number of rotatable bonds is 6. The molecule has 2 rings (SSSR count). The highest BCUT2D eigenvalue weighted by Crippen LogP contribution is 2.16. The maximum atomic E-state index is 12.0. The minimum atomic E-state index is -0.0233. The number of benzene rings is 1. The van der Waals surface area contributed by atoms with E-state index < -0.39 is 0 Å². The average molecular weight is 290 g/mol. The first-order valence-corrected chi connectivity index (χ1v) is 7.35. The molecule has 0 aliphatic heterocycles. The highest BCUT2D eigenvalue weighted by Gasteiger charge is 2.10. The second-order valence-corrected chi connectivity index (χ2v) is 5.52. The number of carbonyl (C=O) groups is 1. The predicted octanol–water partition coefficient (Wildman–Crippen LogP) is 2.53. The molecular formula is C15H18N2O2S. The van der Waals surface area contributed by atoms with Crippen LogP contribution in [0.25, 0.3) is 0 Å². The van der Waals surface area contributed by atoms with Crippen LogP contribution in [0.1, 0.15) is 10.6 Å². The van der Waals surface area contributed by atoms with Crippen molar-refractivity contribution in [2.45, 2.75) is 13.3 Å². The molecule has 20 heavy (non-hydrogen) atoms. The van der Waals surface area contributed by atoms with Crippen LogP contribution in [0.2, 0.25) is 0 Å². The van der Waals surface area contributed by atoms with Crippen molar-refractivity contribution in [3.63, 3.8) is 0 Å². The van der Waals surface area contributed by atoms with E-state index in [-0.39, 0.29) is 12.5 Å². The van der Waals surface area contributed by atoms with Gasteiger partial charge in [0.2, 0.25) is 0 Å². The van der Waals surface area contributed by atoms with Gasteiger partial charge in [0.1, 0.15) is 5.75 Å². The van der Waals surface area contributed by atoms with Crippen molar-refractivity contribution in [2.24, 2.45) is 0 Å². The smallest absolute Gasteiger partial charge is 0.260 e. The van der Waals surface area contributed by atoms with Crippen LogP contribution < -0.4 is 4.74 Å². The summed E-state index contributed by atoms with van der Waals surface area (Å²) in [4.78, 5) is 17.9. The molecule has 0 saturated carbocycles. The summed E-state index contributed by atoms with van der Waals surface area (Å²) in [5, 5.41) is 2.99. The topological polar surface area (TPSA) is 42.4 Å². The van der Waals surface area contributed by atoms with Crippen LogP contribution in [-0.2, 0) is 11.2 Å². The van der Waals surface area contributed by atoms with Gasteiger partial charge < -0.3 is 9.64 Å². The van der Waals surface area contributed by atoms with E-state index in [0.29, 0.717) is 6.54 Å². The van der Waals surface area contributed by atoms with E-state index in [9.17, 15) is 4.79 Å². The van der Waals surface area contributed by atoms with Crippen molar-refractivity contribution < 1.29 is 9.53 Å². The average Bonchev–Trinajstić information content (AvgIpc) is 2.97. The quantitative estimate of drug-likeness (QED) is 0.821. The van der Waals surface area contributed by atoms with Gasteiger partial charge in [-0.3, -0.25) is 4.79 Å². The van der Waals surface area contributed by atoms with Gasteiger partial charge in [0, 0.05) is 31.6 Å². The molecule has 2 aromatic rings. The van der Waals surface area contributed by atoms with Crippen molar-refractivity contribution in [2.75, 3.05) is 20.2 Å². The molecule has 1 amide bonds. The van der Waals surface area contributed by atoms with E-state index in [1.165, 1.54) is 0 Å². The number of aryl methyl sites for hydroxylation is 1. The van der Waals surface area contributed by atoms with Crippen LogP contribution in [0.15, 0.2) is 35.8 Å². The molecule has 5 heteroatoms. The summed E-state index contributed by atoms with van der Waals surface area (Å²) in [7, 11) is 1.79. The third kappa shape index (κ3) is 4.06. The van der Waals surface area contributed by atoms with E-state index in [1.807, 2.05) is 36.6 Å². The number of nitrogens with zero attached hydrogens (tertiary/aromatic N) is 2. The molecule has 0 bridgehead atoms. The Morgan fingerprint density at radius 1 is 1.40 bits per heavy atom. The summed E-state index contributed by atoms with van der Waals surface area (Å²) < 4.78 is 5.55. The van der Waals surface area contributed by atoms with Gasteiger partial charge in [0.05, 0.1) is 5.01 Å². The molecule has 0 N–H and O–H groups in total. The maximum Gasteiger partial charge on any atom is 0.260 e. The van der Waals surface area contributed by atoms with Gasteiger partial charge in [-0.25, -0.2) is 4.98 Å². The third-order valence-corrected chi connectivity index (χ3v) is 3.85. The molecule has 0 aliphatic carbocycles. The Labute approximate surface area is 123 Å². The lowest BCUT2D eigenvalue weighted by molar-refractivity contribution is -0.132. The molecule has 0 unspecified atom stereocenters. The largest absolute Gasteiger partial charge is 0.484 e. The van der Waals surface area contributed by atoms with Gasteiger partial charge in [0.25, 0.3) is 5.91 Å². The Morgan fingerprint density at radius 3 is 2.90 bits per heavy atom. The van der Waals surface area contributed by atoms with Crippen LogP contribution in [0.3, 0.4) is 0 Å². The molecule has 1 heterocycles. The summed E-state index contributed by atoms with van der Waals surface area (Å²) in [6, 6.07) is 7.69. The number of para-hydroxylation sites is 1. The van der Waals surface area contributed by atoms with Crippen LogP contribution in [0, 0.1) is 6.92 Å². The molecule has 106 valence electrons. The molecule has 0 spiro atoms. The van der Waals surface area contributed by atoms with Crippen LogP contribution in [-0.4, -0.2) is 36.0 Å². The number of carbonyl (C=O) groups excluding carboxylic acids is 1. The number of hydrogen-bond donors (Lipinski definition) is 0. The van der Waals surface area contributed by atoms with E-state index in [2.05, 4.69) is 4.98 Å². The fourth-order valence-corrected chi connectivity index (χ4v) is 2.34. The SMILES string of the molecule is Cc1ccccc1OCC(=O)N(C)CCc1nccs1. The normalized spacial score (nSPS) is 10.3. The van der Waals surface area contributed by atoms with Crippen LogP contribution in [0.4, 0.5) is 0 Å². The van der Waals surface area contributed by atoms with E-state index >= 15 is 0 Å². The second-order valence-electron chi connectivity index (χ2n) is 4.55. The molecule has 0 fully saturated rings. The maximum absolute atomic E-state index is 12.0. The van der Waals surface area contributed by atoms with E-state index in [1.54, 1.807) is 29.5 Å². The van der Waals surface area contributed by atoms with Gasteiger partial charge in [-0.2, -0.15) is 0 Å². The Morgan fingerprint density at radius 2 is 2.20 bits per heavy atom. The van der Waals surface area contributed by atoms with Crippen LogP contribution >= 0.6 is 11.3 Å². The van der Waals surface area contributed by atoms with Crippen LogP contribution in [0.5, 0.6) is 5.75 Å². The zero-order valence-electron chi connectivity index (χ0n) is 11.7. The standard InChI is InChI=1S/C15H18N2O2S/c1-12-5-3-4-6-13(12)19-11-15(18)17(2)9-7-14-16-8-10-20-14/h3-6,8,10H,7,9,11H2,1-2H3. The number of ether oxygens (including phenoxy) is 1.